The van der Waals surface area contributed by atoms with Crippen LogP contribution in [0.15, 0.2) is 18.2 Å². The van der Waals surface area contributed by atoms with Crippen LogP contribution in [0.2, 0.25) is 5.02 Å². The van der Waals surface area contributed by atoms with E-state index in [9.17, 15) is 0 Å². The lowest BCUT2D eigenvalue weighted by Gasteiger charge is -2.01. The van der Waals surface area contributed by atoms with E-state index in [0.717, 1.165) is 0 Å². The SMILES string of the molecule is CC(=N)c1cc(N)ccc1Cl. The third kappa shape index (κ3) is 1.71. The number of nitrogen functional groups attached to an aromatic ring is 1. The Morgan fingerprint density at radius 1 is 1.55 bits per heavy atom. The number of nitrogens with one attached hydrogen (secondary N) is 1. The maximum Gasteiger partial charge on any atom is 0.0497 e. The Labute approximate surface area is 70.5 Å². The molecular weight excluding hydrogens is 160 g/mol. The van der Waals surface area contributed by atoms with Gasteiger partial charge in [-0.2, -0.15) is 0 Å². The van der Waals surface area contributed by atoms with Gasteiger partial charge in [-0.05, 0) is 25.1 Å². The Hall–Kier alpha value is -1.02. The molecule has 3 heteroatoms. The average Bonchev–Trinajstić information content (AvgIpc) is 1.94. The number of halogens is 1. The first-order valence-corrected chi connectivity index (χ1v) is 3.59. The summed E-state index contributed by atoms with van der Waals surface area (Å²) in [6, 6.07) is 5.11. The number of rotatable bonds is 1. The Kier molecular flexibility index (Phi) is 2.15. The highest BCUT2D eigenvalue weighted by atomic mass is 35.5. The predicted octanol–water partition coefficient (Wildman–Crippen LogP) is 2.31. The quantitative estimate of drug-likeness (QED) is 0.491. The van der Waals surface area contributed by atoms with Gasteiger partial charge in [0.15, 0.2) is 0 Å². The topological polar surface area (TPSA) is 49.9 Å². The van der Waals surface area contributed by atoms with Gasteiger partial charge in [0.05, 0.1) is 0 Å². The third-order valence-corrected chi connectivity index (χ3v) is 1.72. The highest BCUT2D eigenvalue weighted by molar-refractivity contribution is 6.34. The predicted molar refractivity (Wildman–Crippen MR) is 48.4 cm³/mol. The van der Waals surface area contributed by atoms with Crippen LogP contribution in [0.4, 0.5) is 5.69 Å². The van der Waals surface area contributed by atoms with Crippen LogP contribution in [0, 0.1) is 5.41 Å². The minimum absolute atomic E-state index is 0.433. The molecule has 0 heterocycles. The highest BCUT2D eigenvalue weighted by Gasteiger charge is 2.01. The molecule has 2 nitrogen and oxygen atoms in total. The fourth-order valence-electron chi connectivity index (χ4n) is 0.830. The molecule has 0 unspecified atom stereocenters. The van der Waals surface area contributed by atoms with Crippen molar-refractivity contribution in [1.29, 1.82) is 5.41 Å². The van der Waals surface area contributed by atoms with Crippen molar-refractivity contribution < 1.29 is 0 Å². The van der Waals surface area contributed by atoms with E-state index in [1.54, 1.807) is 25.1 Å². The molecule has 0 saturated carbocycles. The molecule has 1 aromatic carbocycles. The van der Waals surface area contributed by atoms with E-state index in [1.807, 2.05) is 0 Å². The van der Waals surface area contributed by atoms with Crippen molar-refractivity contribution >= 4 is 23.0 Å². The molecule has 0 radical (unpaired) electrons. The van der Waals surface area contributed by atoms with Gasteiger partial charge in [-0.15, -0.1) is 0 Å². The fraction of sp³-hybridized carbons (Fsp3) is 0.125. The summed E-state index contributed by atoms with van der Waals surface area (Å²) in [5, 5.41) is 7.91. The summed E-state index contributed by atoms with van der Waals surface area (Å²) in [6.07, 6.45) is 0. The van der Waals surface area contributed by atoms with Crippen LogP contribution in [-0.2, 0) is 0 Å². The van der Waals surface area contributed by atoms with E-state index >= 15 is 0 Å². The Balaban J connectivity index is 3.23. The zero-order valence-corrected chi connectivity index (χ0v) is 6.94. The van der Waals surface area contributed by atoms with Gasteiger partial charge in [0, 0.05) is 22.0 Å². The molecule has 3 N–H and O–H groups in total. The van der Waals surface area contributed by atoms with Crippen LogP contribution in [0.5, 0.6) is 0 Å². The van der Waals surface area contributed by atoms with Crippen molar-refractivity contribution in [3.63, 3.8) is 0 Å². The fourth-order valence-corrected chi connectivity index (χ4v) is 1.09. The minimum Gasteiger partial charge on any atom is -0.399 e. The molecule has 0 aliphatic carbocycles. The van der Waals surface area contributed by atoms with E-state index in [0.29, 0.717) is 22.0 Å². The molecule has 1 rings (SSSR count). The van der Waals surface area contributed by atoms with Crippen LogP contribution >= 0.6 is 11.6 Å². The summed E-state index contributed by atoms with van der Waals surface area (Å²) < 4.78 is 0. The summed E-state index contributed by atoms with van der Waals surface area (Å²) >= 11 is 5.79. The summed E-state index contributed by atoms with van der Waals surface area (Å²) in [4.78, 5) is 0. The van der Waals surface area contributed by atoms with Crippen molar-refractivity contribution in [3.8, 4) is 0 Å². The molecule has 0 atom stereocenters. The summed E-state index contributed by atoms with van der Waals surface area (Å²) in [7, 11) is 0. The van der Waals surface area contributed by atoms with Crippen molar-refractivity contribution in [2.45, 2.75) is 6.92 Å². The third-order valence-electron chi connectivity index (χ3n) is 1.39. The summed E-state index contributed by atoms with van der Waals surface area (Å²) in [5.41, 5.74) is 7.28. The van der Waals surface area contributed by atoms with E-state index in [-0.39, 0.29) is 0 Å². The number of benzene rings is 1. The average molecular weight is 169 g/mol. The zero-order valence-electron chi connectivity index (χ0n) is 6.19. The van der Waals surface area contributed by atoms with Crippen molar-refractivity contribution in [3.05, 3.63) is 28.8 Å². The second-order valence-electron chi connectivity index (χ2n) is 2.36. The van der Waals surface area contributed by atoms with Gasteiger partial charge in [0.1, 0.15) is 0 Å². The molecule has 0 saturated heterocycles. The van der Waals surface area contributed by atoms with Gasteiger partial charge < -0.3 is 11.1 Å². The molecule has 0 aromatic heterocycles. The minimum atomic E-state index is 0.433. The van der Waals surface area contributed by atoms with Crippen LogP contribution in [0.1, 0.15) is 12.5 Å². The van der Waals surface area contributed by atoms with Gasteiger partial charge in [-0.1, -0.05) is 11.6 Å². The maximum absolute atomic E-state index is 7.33. The van der Waals surface area contributed by atoms with E-state index in [2.05, 4.69) is 0 Å². The standard InChI is InChI=1S/C8H9ClN2/c1-5(10)7-4-6(11)2-3-8(7)9/h2-4,10H,11H2,1H3. The van der Waals surface area contributed by atoms with Crippen molar-refractivity contribution in [1.82, 2.24) is 0 Å². The van der Waals surface area contributed by atoms with Crippen LogP contribution in [0.25, 0.3) is 0 Å². The number of nitrogens with two attached hydrogens (primary N) is 1. The first-order valence-electron chi connectivity index (χ1n) is 3.22. The molecule has 0 bridgehead atoms. The smallest absolute Gasteiger partial charge is 0.0497 e. The molecule has 0 aliphatic rings. The van der Waals surface area contributed by atoms with E-state index < -0.39 is 0 Å². The molecule has 0 spiro atoms. The molecule has 11 heavy (non-hydrogen) atoms. The van der Waals surface area contributed by atoms with Crippen molar-refractivity contribution in [2.75, 3.05) is 5.73 Å². The summed E-state index contributed by atoms with van der Waals surface area (Å²) in [5.74, 6) is 0. The lowest BCUT2D eigenvalue weighted by Crippen LogP contribution is -1.95. The Bertz CT molecular complexity index is 294. The molecule has 0 amide bonds. The largest absolute Gasteiger partial charge is 0.399 e. The van der Waals surface area contributed by atoms with Gasteiger partial charge in [0.2, 0.25) is 0 Å². The van der Waals surface area contributed by atoms with Gasteiger partial charge in [0.25, 0.3) is 0 Å². The van der Waals surface area contributed by atoms with Gasteiger partial charge in [-0.25, -0.2) is 0 Å². The van der Waals surface area contributed by atoms with Gasteiger partial charge >= 0.3 is 0 Å². The lowest BCUT2D eigenvalue weighted by atomic mass is 10.1. The second kappa shape index (κ2) is 2.93. The highest BCUT2D eigenvalue weighted by Crippen LogP contribution is 2.18. The van der Waals surface area contributed by atoms with Crippen LogP contribution in [0.3, 0.4) is 0 Å². The van der Waals surface area contributed by atoms with Gasteiger partial charge in [-0.3, -0.25) is 0 Å². The molecule has 58 valence electrons. The number of anilines is 1. The maximum atomic E-state index is 7.33. The molecular formula is C8H9ClN2. The lowest BCUT2D eigenvalue weighted by molar-refractivity contribution is 1.45. The molecule has 1 aromatic rings. The van der Waals surface area contributed by atoms with E-state index in [4.69, 9.17) is 22.7 Å². The normalized spacial score (nSPS) is 9.64. The first-order chi connectivity index (χ1) is 5.11. The van der Waals surface area contributed by atoms with Crippen molar-refractivity contribution in [2.24, 2.45) is 0 Å². The van der Waals surface area contributed by atoms with E-state index in [1.165, 1.54) is 0 Å². The number of hydrogen-bond acceptors (Lipinski definition) is 2. The Morgan fingerprint density at radius 3 is 2.64 bits per heavy atom. The number of hydrogen-bond donors (Lipinski definition) is 2. The monoisotopic (exact) mass is 168 g/mol. The molecule has 0 aliphatic heterocycles. The zero-order chi connectivity index (χ0) is 8.43. The first kappa shape index (κ1) is 8.08. The summed E-state index contributed by atoms with van der Waals surface area (Å²) in [6.45, 7) is 1.68. The van der Waals surface area contributed by atoms with Crippen LogP contribution < -0.4 is 5.73 Å². The second-order valence-corrected chi connectivity index (χ2v) is 2.77. The van der Waals surface area contributed by atoms with Crippen LogP contribution in [-0.4, -0.2) is 5.71 Å². The molecule has 0 fully saturated rings. The Morgan fingerprint density at radius 2 is 2.18 bits per heavy atom.